The second kappa shape index (κ2) is 10.7. The molecule has 10 heteroatoms. The van der Waals surface area contributed by atoms with E-state index in [4.69, 9.17) is 17.2 Å². The second-order valence-corrected chi connectivity index (χ2v) is 6.49. The average molecular weight is 371 g/mol. The molecule has 0 aromatic heterocycles. The highest BCUT2D eigenvalue weighted by Gasteiger charge is 2.37. The first-order chi connectivity index (χ1) is 12.3. The van der Waals surface area contributed by atoms with Gasteiger partial charge in [0.2, 0.25) is 17.7 Å². The summed E-state index contributed by atoms with van der Waals surface area (Å²) in [5.74, 6) is -2.75. The van der Waals surface area contributed by atoms with Crippen molar-refractivity contribution in [2.75, 3.05) is 13.1 Å². The SMILES string of the molecule is NCCCCC(N)C(=O)NC(CCC(N)=O)C(=O)N1CCCC1C(=O)O. The summed E-state index contributed by atoms with van der Waals surface area (Å²) < 4.78 is 0. The first kappa shape index (κ1) is 21.8. The highest BCUT2D eigenvalue weighted by Crippen LogP contribution is 2.19. The number of likely N-dealkylation sites (tertiary alicyclic amines) is 1. The van der Waals surface area contributed by atoms with E-state index in [0.29, 0.717) is 38.8 Å². The molecule has 0 saturated carbocycles. The molecule has 3 amide bonds. The molecule has 0 aliphatic carbocycles. The fourth-order valence-electron chi connectivity index (χ4n) is 2.95. The van der Waals surface area contributed by atoms with E-state index in [1.807, 2.05) is 0 Å². The van der Waals surface area contributed by atoms with Crippen LogP contribution in [0.2, 0.25) is 0 Å². The summed E-state index contributed by atoms with van der Waals surface area (Å²) in [5, 5.41) is 11.8. The number of nitrogens with two attached hydrogens (primary N) is 3. The minimum Gasteiger partial charge on any atom is -0.480 e. The number of amides is 3. The highest BCUT2D eigenvalue weighted by molar-refractivity contribution is 5.92. The molecule has 1 aliphatic rings. The molecule has 1 heterocycles. The molecule has 0 aromatic carbocycles. The number of rotatable bonds is 11. The Morgan fingerprint density at radius 3 is 2.46 bits per heavy atom. The van der Waals surface area contributed by atoms with E-state index >= 15 is 0 Å². The van der Waals surface area contributed by atoms with Gasteiger partial charge in [0.15, 0.2) is 0 Å². The molecular weight excluding hydrogens is 342 g/mol. The number of carbonyl (C=O) groups is 4. The monoisotopic (exact) mass is 371 g/mol. The lowest BCUT2D eigenvalue weighted by atomic mass is 10.1. The van der Waals surface area contributed by atoms with Crippen LogP contribution in [0.15, 0.2) is 0 Å². The minimum atomic E-state index is -1.09. The van der Waals surface area contributed by atoms with Crippen LogP contribution in [0.3, 0.4) is 0 Å². The summed E-state index contributed by atoms with van der Waals surface area (Å²) in [7, 11) is 0. The first-order valence-electron chi connectivity index (χ1n) is 8.85. The van der Waals surface area contributed by atoms with Gasteiger partial charge in [-0.15, -0.1) is 0 Å². The maximum absolute atomic E-state index is 12.7. The largest absolute Gasteiger partial charge is 0.480 e. The maximum Gasteiger partial charge on any atom is 0.326 e. The molecule has 0 spiro atoms. The zero-order valence-electron chi connectivity index (χ0n) is 14.9. The predicted octanol–water partition coefficient (Wildman–Crippen LogP) is -1.73. The zero-order chi connectivity index (χ0) is 19.7. The van der Waals surface area contributed by atoms with Crippen LogP contribution < -0.4 is 22.5 Å². The van der Waals surface area contributed by atoms with E-state index in [9.17, 15) is 24.3 Å². The molecular formula is C16H29N5O5. The van der Waals surface area contributed by atoms with Crippen LogP contribution in [-0.4, -0.2) is 64.9 Å². The number of unbranched alkanes of at least 4 members (excludes halogenated alkanes) is 1. The van der Waals surface area contributed by atoms with Gasteiger partial charge in [0, 0.05) is 13.0 Å². The number of nitrogens with zero attached hydrogens (tertiary/aromatic N) is 1. The molecule has 10 nitrogen and oxygen atoms in total. The van der Waals surface area contributed by atoms with Crippen LogP contribution in [0.4, 0.5) is 0 Å². The number of hydrogen-bond acceptors (Lipinski definition) is 6. The van der Waals surface area contributed by atoms with Gasteiger partial charge in [-0.1, -0.05) is 6.42 Å². The van der Waals surface area contributed by atoms with E-state index in [0.717, 1.165) is 6.42 Å². The first-order valence-corrected chi connectivity index (χ1v) is 8.85. The lowest BCUT2D eigenvalue weighted by Gasteiger charge is -2.28. The third kappa shape index (κ3) is 6.60. The number of nitrogens with one attached hydrogen (secondary N) is 1. The topological polar surface area (TPSA) is 182 Å². The Balaban J connectivity index is 2.77. The Hall–Kier alpha value is -2.20. The molecule has 0 aromatic rings. The van der Waals surface area contributed by atoms with Gasteiger partial charge in [-0.2, -0.15) is 0 Å². The summed E-state index contributed by atoms with van der Waals surface area (Å²) in [6.07, 6.45) is 2.65. The molecule has 1 rings (SSSR count). The number of carboxylic acids is 1. The molecule has 0 radical (unpaired) electrons. The molecule has 1 aliphatic heterocycles. The summed E-state index contributed by atoms with van der Waals surface area (Å²) in [6, 6.07) is -2.76. The summed E-state index contributed by atoms with van der Waals surface area (Å²) in [5.41, 5.74) is 16.4. The van der Waals surface area contributed by atoms with Crippen molar-refractivity contribution in [2.45, 2.75) is 63.1 Å². The molecule has 3 unspecified atom stereocenters. The van der Waals surface area contributed by atoms with Gasteiger partial charge < -0.3 is 32.5 Å². The lowest BCUT2D eigenvalue weighted by molar-refractivity contribution is -0.149. The van der Waals surface area contributed by atoms with E-state index < -0.39 is 41.8 Å². The third-order valence-corrected chi connectivity index (χ3v) is 4.42. The van der Waals surface area contributed by atoms with Crippen LogP contribution in [0.5, 0.6) is 0 Å². The van der Waals surface area contributed by atoms with Crippen LogP contribution >= 0.6 is 0 Å². The average Bonchev–Trinajstić information content (AvgIpc) is 3.07. The summed E-state index contributed by atoms with van der Waals surface area (Å²) >= 11 is 0. The van der Waals surface area contributed by atoms with Crippen molar-refractivity contribution >= 4 is 23.7 Å². The maximum atomic E-state index is 12.7. The van der Waals surface area contributed by atoms with E-state index in [-0.39, 0.29) is 12.8 Å². The molecule has 1 saturated heterocycles. The Labute approximate surface area is 152 Å². The molecule has 8 N–H and O–H groups in total. The minimum absolute atomic E-state index is 0.00172. The Morgan fingerprint density at radius 1 is 1.19 bits per heavy atom. The van der Waals surface area contributed by atoms with Gasteiger partial charge >= 0.3 is 5.97 Å². The van der Waals surface area contributed by atoms with E-state index in [1.165, 1.54) is 4.90 Å². The van der Waals surface area contributed by atoms with Gasteiger partial charge in [-0.05, 0) is 38.6 Å². The number of carbonyl (C=O) groups excluding carboxylic acids is 3. The van der Waals surface area contributed by atoms with Gasteiger partial charge in [-0.3, -0.25) is 14.4 Å². The number of hydrogen-bond donors (Lipinski definition) is 5. The quantitative estimate of drug-likeness (QED) is 0.267. The molecule has 148 valence electrons. The second-order valence-electron chi connectivity index (χ2n) is 6.49. The van der Waals surface area contributed by atoms with Gasteiger partial charge in [-0.25, -0.2) is 4.79 Å². The van der Waals surface area contributed by atoms with Crippen molar-refractivity contribution in [1.82, 2.24) is 10.2 Å². The van der Waals surface area contributed by atoms with Crippen molar-refractivity contribution in [2.24, 2.45) is 17.2 Å². The predicted molar refractivity (Wildman–Crippen MR) is 93.6 cm³/mol. The normalized spacial score (nSPS) is 19.0. The van der Waals surface area contributed by atoms with Crippen molar-refractivity contribution in [3.8, 4) is 0 Å². The molecule has 0 bridgehead atoms. The third-order valence-electron chi connectivity index (χ3n) is 4.42. The number of primary amides is 1. The Morgan fingerprint density at radius 2 is 1.88 bits per heavy atom. The van der Waals surface area contributed by atoms with E-state index in [2.05, 4.69) is 5.32 Å². The van der Waals surface area contributed by atoms with Gasteiger partial charge in [0.05, 0.1) is 6.04 Å². The number of aliphatic carboxylic acids is 1. The van der Waals surface area contributed by atoms with Crippen LogP contribution in [0.1, 0.15) is 44.9 Å². The van der Waals surface area contributed by atoms with Crippen LogP contribution in [-0.2, 0) is 19.2 Å². The van der Waals surface area contributed by atoms with Gasteiger partial charge in [0.25, 0.3) is 0 Å². The van der Waals surface area contributed by atoms with Crippen molar-refractivity contribution in [3.05, 3.63) is 0 Å². The zero-order valence-corrected chi connectivity index (χ0v) is 14.9. The molecule has 1 fully saturated rings. The molecule has 3 atom stereocenters. The number of carboxylic acid groups (broad SMARTS) is 1. The van der Waals surface area contributed by atoms with E-state index in [1.54, 1.807) is 0 Å². The Bertz CT molecular complexity index is 527. The van der Waals surface area contributed by atoms with Crippen LogP contribution in [0.25, 0.3) is 0 Å². The fourth-order valence-corrected chi connectivity index (χ4v) is 2.95. The van der Waals surface area contributed by atoms with Crippen molar-refractivity contribution < 1.29 is 24.3 Å². The van der Waals surface area contributed by atoms with Crippen LogP contribution in [0, 0.1) is 0 Å². The van der Waals surface area contributed by atoms with Gasteiger partial charge in [0.1, 0.15) is 12.1 Å². The van der Waals surface area contributed by atoms with Crippen molar-refractivity contribution in [3.63, 3.8) is 0 Å². The summed E-state index contributed by atoms with van der Waals surface area (Å²) in [4.78, 5) is 48.6. The molecule has 26 heavy (non-hydrogen) atoms. The summed E-state index contributed by atoms with van der Waals surface area (Å²) in [6.45, 7) is 0.793. The highest BCUT2D eigenvalue weighted by atomic mass is 16.4. The fraction of sp³-hybridized carbons (Fsp3) is 0.750. The Kier molecular flexibility index (Phi) is 9.00. The lowest BCUT2D eigenvalue weighted by Crippen LogP contribution is -2.54. The smallest absolute Gasteiger partial charge is 0.326 e. The van der Waals surface area contributed by atoms with Crippen molar-refractivity contribution in [1.29, 1.82) is 0 Å². The standard InChI is InChI=1S/C16H29N5O5/c17-8-2-1-4-10(18)14(23)20-11(6-7-13(19)22)15(24)21-9-3-5-12(21)16(25)26/h10-12H,1-9,17-18H2,(H2,19,22)(H,20,23)(H,25,26).